The zero-order valence-corrected chi connectivity index (χ0v) is 19.0. The molecule has 1 spiro atoms. The van der Waals surface area contributed by atoms with Crippen molar-refractivity contribution in [1.82, 2.24) is 0 Å². The maximum Gasteiger partial charge on any atom is 0.169 e. The Labute approximate surface area is 181 Å². The molecule has 30 heavy (non-hydrogen) atoms. The first-order valence-corrected chi connectivity index (χ1v) is 12.5. The van der Waals surface area contributed by atoms with Gasteiger partial charge in [0.1, 0.15) is 0 Å². The topological polar surface area (TPSA) is 57.2 Å². The van der Waals surface area contributed by atoms with Crippen molar-refractivity contribution in [3.63, 3.8) is 0 Å². The average molecular weight is 421 g/mol. The summed E-state index contributed by atoms with van der Waals surface area (Å²) < 4.78 is 24.5. The molecule has 0 unspecified atom stereocenters. The van der Waals surface area contributed by atoms with E-state index in [0.717, 1.165) is 38.9 Å². The van der Waals surface area contributed by atoms with Crippen molar-refractivity contribution < 1.29 is 24.1 Å². The van der Waals surface area contributed by atoms with Gasteiger partial charge < -0.3 is 24.1 Å². The molecule has 0 amide bonds. The maximum atomic E-state index is 11.7. The summed E-state index contributed by atoms with van der Waals surface area (Å²) in [5.74, 6) is 1.89. The Balaban J connectivity index is 1.28. The molecular weight excluding hydrogens is 380 g/mol. The molecule has 4 aliphatic carbocycles. The van der Waals surface area contributed by atoms with Crippen LogP contribution in [0.3, 0.4) is 0 Å². The molecule has 6 aliphatic rings. The zero-order valence-electron chi connectivity index (χ0n) is 19.0. The number of hydrogen-bond acceptors (Lipinski definition) is 5. The van der Waals surface area contributed by atoms with E-state index in [1.165, 1.54) is 25.7 Å². The summed E-state index contributed by atoms with van der Waals surface area (Å²) in [5, 5.41) is 11.7. The van der Waals surface area contributed by atoms with E-state index < -0.39 is 5.79 Å². The molecule has 8 atom stereocenters. The van der Waals surface area contributed by atoms with E-state index in [0.29, 0.717) is 42.8 Å². The number of fused-ring (bicyclic) bond motifs is 5. The van der Waals surface area contributed by atoms with Crippen molar-refractivity contribution in [2.75, 3.05) is 26.4 Å². The summed E-state index contributed by atoms with van der Waals surface area (Å²) in [6.07, 6.45) is 8.70. The first-order valence-electron chi connectivity index (χ1n) is 12.5. The Bertz CT molecular complexity index is 683. The molecule has 4 saturated carbocycles. The second-order valence-electron chi connectivity index (χ2n) is 12.0. The van der Waals surface area contributed by atoms with E-state index in [1.54, 1.807) is 0 Å². The van der Waals surface area contributed by atoms with Crippen molar-refractivity contribution >= 4 is 0 Å². The highest BCUT2D eigenvalue weighted by molar-refractivity contribution is 5.14. The third-order valence-corrected chi connectivity index (χ3v) is 10.9. The predicted octanol–water partition coefficient (Wildman–Crippen LogP) is 4.12. The van der Waals surface area contributed by atoms with Crippen LogP contribution in [0.25, 0.3) is 0 Å². The summed E-state index contributed by atoms with van der Waals surface area (Å²) in [4.78, 5) is 0. The second kappa shape index (κ2) is 6.66. The fourth-order valence-corrected chi connectivity index (χ4v) is 9.67. The van der Waals surface area contributed by atoms with Gasteiger partial charge in [0.05, 0.1) is 32.5 Å². The number of hydrogen-bond donors (Lipinski definition) is 1. The van der Waals surface area contributed by atoms with Crippen LogP contribution in [-0.4, -0.2) is 49.2 Å². The molecule has 1 N–H and O–H groups in total. The van der Waals surface area contributed by atoms with Crippen LogP contribution in [0.5, 0.6) is 0 Å². The van der Waals surface area contributed by atoms with Gasteiger partial charge in [-0.15, -0.1) is 0 Å². The molecule has 2 saturated heterocycles. The normalized spacial score (nSPS) is 54.0. The van der Waals surface area contributed by atoms with Gasteiger partial charge in [0.25, 0.3) is 0 Å². The minimum absolute atomic E-state index is 0.108. The van der Waals surface area contributed by atoms with Gasteiger partial charge in [0, 0.05) is 18.8 Å². The Morgan fingerprint density at radius 1 is 0.733 bits per heavy atom. The Hall–Kier alpha value is -0.200. The van der Waals surface area contributed by atoms with Crippen LogP contribution in [-0.2, 0) is 18.9 Å². The molecule has 170 valence electrons. The van der Waals surface area contributed by atoms with Gasteiger partial charge in [-0.2, -0.15) is 0 Å². The first-order chi connectivity index (χ1) is 14.3. The summed E-state index contributed by atoms with van der Waals surface area (Å²) in [6.45, 7) is 9.96. The first kappa shape index (κ1) is 20.4. The molecular formula is C25H40O5. The van der Waals surface area contributed by atoms with Crippen LogP contribution >= 0.6 is 0 Å². The number of aliphatic hydroxyl groups is 1. The molecule has 0 aromatic carbocycles. The van der Waals surface area contributed by atoms with Gasteiger partial charge in [0.15, 0.2) is 11.6 Å². The van der Waals surface area contributed by atoms with Gasteiger partial charge in [0.2, 0.25) is 0 Å². The minimum atomic E-state index is -0.467. The molecule has 0 aromatic heterocycles. The smallest absolute Gasteiger partial charge is 0.169 e. The Kier molecular flexibility index (Phi) is 4.53. The molecule has 2 heterocycles. The van der Waals surface area contributed by atoms with Crippen molar-refractivity contribution in [3.8, 4) is 0 Å². The SMILES string of the molecule is CC1([C@@H]2CC[C@@H]3[C@H]4CC[C@H]5CC6(CC[C@]5(C)[C@@H]4[C@H](O)C[C@]32C)OCCO6)OCCO1. The van der Waals surface area contributed by atoms with Gasteiger partial charge in [-0.05, 0) is 80.0 Å². The maximum absolute atomic E-state index is 11.7. The van der Waals surface area contributed by atoms with Crippen LogP contribution < -0.4 is 0 Å². The summed E-state index contributed by atoms with van der Waals surface area (Å²) in [5.41, 5.74) is 0.309. The summed E-state index contributed by atoms with van der Waals surface area (Å²) in [7, 11) is 0. The van der Waals surface area contributed by atoms with E-state index in [2.05, 4.69) is 20.8 Å². The van der Waals surface area contributed by atoms with Crippen molar-refractivity contribution in [1.29, 1.82) is 0 Å². The molecule has 6 rings (SSSR count). The molecule has 0 bridgehead atoms. The minimum Gasteiger partial charge on any atom is -0.393 e. The Morgan fingerprint density at radius 2 is 1.43 bits per heavy atom. The molecule has 2 aliphatic heterocycles. The van der Waals surface area contributed by atoms with Crippen LogP contribution in [0, 0.1) is 40.4 Å². The Morgan fingerprint density at radius 3 is 2.17 bits per heavy atom. The van der Waals surface area contributed by atoms with Crippen molar-refractivity contribution in [2.24, 2.45) is 40.4 Å². The lowest BCUT2D eigenvalue weighted by Crippen LogP contribution is -2.61. The summed E-state index contributed by atoms with van der Waals surface area (Å²) >= 11 is 0. The lowest BCUT2D eigenvalue weighted by Gasteiger charge is -2.63. The van der Waals surface area contributed by atoms with Crippen LogP contribution in [0.15, 0.2) is 0 Å². The zero-order chi connectivity index (χ0) is 20.8. The highest BCUT2D eigenvalue weighted by Gasteiger charge is 2.67. The molecule has 5 heteroatoms. The van der Waals surface area contributed by atoms with Crippen molar-refractivity contribution in [3.05, 3.63) is 0 Å². The lowest BCUT2D eigenvalue weighted by molar-refractivity contribution is -0.254. The third kappa shape index (κ3) is 2.65. The number of rotatable bonds is 1. The van der Waals surface area contributed by atoms with E-state index in [1.807, 2.05) is 0 Å². The van der Waals surface area contributed by atoms with E-state index in [-0.39, 0.29) is 22.7 Å². The van der Waals surface area contributed by atoms with E-state index in [9.17, 15) is 5.11 Å². The quantitative estimate of drug-likeness (QED) is 0.691. The summed E-state index contributed by atoms with van der Waals surface area (Å²) in [6, 6.07) is 0. The second-order valence-corrected chi connectivity index (χ2v) is 12.0. The lowest BCUT2D eigenvalue weighted by atomic mass is 9.43. The standard InChI is InChI=1S/C25H40O5/c1-22-8-9-25(29-12-13-30-25)14-16(22)4-5-17-18-6-7-20(24(3)27-10-11-28-24)23(18,2)15-19(26)21(17)22/h16-21,26H,4-15H2,1-3H3/t16-,17+,18+,19+,20+,21-,22-,23+/m0/s1. The highest BCUT2D eigenvalue weighted by atomic mass is 16.7. The number of aliphatic hydroxyl groups excluding tert-OH is 1. The molecule has 6 fully saturated rings. The van der Waals surface area contributed by atoms with E-state index in [4.69, 9.17) is 18.9 Å². The van der Waals surface area contributed by atoms with E-state index >= 15 is 0 Å². The van der Waals surface area contributed by atoms with Crippen LogP contribution in [0.1, 0.15) is 72.1 Å². The largest absolute Gasteiger partial charge is 0.393 e. The van der Waals surface area contributed by atoms with Gasteiger partial charge in [-0.1, -0.05) is 13.8 Å². The third-order valence-electron chi connectivity index (χ3n) is 10.9. The monoisotopic (exact) mass is 420 g/mol. The molecule has 5 nitrogen and oxygen atoms in total. The number of ether oxygens (including phenoxy) is 4. The fourth-order valence-electron chi connectivity index (χ4n) is 9.67. The fraction of sp³-hybridized carbons (Fsp3) is 1.00. The average Bonchev–Trinajstić information content (AvgIpc) is 3.41. The van der Waals surface area contributed by atoms with Crippen LogP contribution in [0.2, 0.25) is 0 Å². The molecule has 0 radical (unpaired) electrons. The van der Waals surface area contributed by atoms with Gasteiger partial charge in [-0.25, -0.2) is 0 Å². The predicted molar refractivity (Wildman–Crippen MR) is 112 cm³/mol. The van der Waals surface area contributed by atoms with Gasteiger partial charge in [-0.3, -0.25) is 0 Å². The van der Waals surface area contributed by atoms with Crippen molar-refractivity contribution in [2.45, 2.75) is 89.8 Å². The van der Waals surface area contributed by atoms with Gasteiger partial charge >= 0.3 is 0 Å². The van der Waals surface area contributed by atoms with Crippen LogP contribution in [0.4, 0.5) is 0 Å². The molecule has 0 aromatic rings. The highest BCUT2D eigenvalue weighted by Crippen LogP contribution is 2.69.